The Morgan fingerprint density at radius 3 is 2.50 bits per heavy atom. The molecule has 0 saturated heterocycles. The summed E-state index contributed by atoms with van der Waals surface area (Å²) >= 11 is 0. The molecule has 0 heterocycles. The molecule has 0 spiro atoms. The number of rotatable bonds is 6. The summed E-state index contributed by atoms with van der Waals surface area (Å²) < 4.78 is 60.8. The van der Waals surface area contributed by atoms with E-state index in [1.54, 1.807) is 0 Å². The molecular formula is C16H11F4NO5. The molecule has 0 aliphatic rings. The van der Waals surface area contributed by atoms with E-state index >= 15 is 0 Å². The molecule has 0 atom stereocenters. The maximum Gasteiger partial charge on any atom is 0.387 e. The van der Waals surface area contributed by atoms with Crippen LogP contribution in [-0.2, 0) is 11.3 Å². The van der Waals surface area contributed by atoms with Crippen molar-refractivity contribution in [2.45, 2.75) is 20.1 Å². The lowest BCUT2D eigenvalue weighted by Gasteiger charge is -2.12. The summed E-state index contributed by atoms with van der Waals surface area (Å²) in [7, 11) is 0. The van der Waals surface area contributed by atoms with E-state index in [1.165, 1.54) is 12.1 Å². The molecule has 10 heteroatoms. The minimum Gasteiger partial charge on any atom is -0.457 e. The fraction of sp³-hybridized carbons (Fsp3) is 0.188. The standard InChI is InChI=1S/C16H11F4NO5/c1-8-10(17)5-6-12(21(23)24)13(8)15(22)25-7-9-3-2-4-11(18)14(9)26-16(19)20/h2-6,16H,7H2,1H3. The van der Waals surface area contributed by atoms with Gasteiger partial charge in [0.1, 0.15) is 18.0 Å². The number of benzene rings is 2. The molecule has 2 aromatic carbocycles. The van der Waals surface area contributed by atoms with Gasteiger partial charge in [0, 0.05) is 17.2 Å². The van der Waals surface area contributed by atoms with Gasteiger partial charge in [0.25, 0.3) is 5.69 Å². The Kier molecular flexibility index (Phi) is 5.75. The highest BCUT2D eigenvalue weighted by Gasteiger charge is 2.26. The fourth-order valence-corrected chi connectivity index (χ4v) is 2.19. The van der Waals surface area contributed by atoms with Crippen molar-refractivity contribution in [1.29, 1.82) is 0 Å². The number of nitro benzene ring substituents is 1. The summed E-state index contributed by atoms with van der Waals surface area (Å²) in [6.07, 6.45) is 0. The average molecular weight is 373 g/mol. The highest BCUT2D eigenvalue weighted by atomic mass is 19.3. The van der Waals surface area contributed by atoms with E-state index in [4.69, 9.17) is 4.74 Å². The molecule has 0 saturated carbocycles. The molecule has 2 rings (SSSR count). The maximum absolute atomic E-state index is 13.6. The summed E-state index contributed by atoms with van der Waals surface area (Å²) in [5.41, 5.74) is -1.84. The van der Waals surface area contributed by atoms with Crippen LogP contribution < -0.4 is 4.74 Å². The van der Waals surface area contributed by atoms with Gasteiger partial charge < -0.3 is 9.47 Å². The summed E-state index contributed by atoms with van der Waals surface area (Å²) in [6.45, 7) is -2.88. The predicted molar refractivity (Wildman–Crippen MR) is 79.9 cm³/mol. The molecule has 0 radical (unpaired) electrons. The normalized spacial score (nSPS) is 10.7. The van der Waals surface area contributed by atoms with Gasteiger partial charge in [0.05, 0.1) is 4.92 Å². The first-order chi connectivity index (χ1) is 12.2. The van der Waals surface area contributed by atoms with E-state index in [-0.39, 0.29) is 11.1 Å². The summed E-state index contributed by atoms with van der Waals surface area (Å²) in [6, 6.07) is 4.83. The number of hydrogen-bond acceptors (Lipinski definition) is 5. The van der Waals surface area contributed by atoms with Crippen molar-refractivity contribution in [3.8, 4) is 5.75 Å². The first kappa shape index (κ1) is 19.2. The average Bonchev–Trinajstić information content (AvgIpc) is 2.56. The van der Waals surface area contributed by atoms with Crippen LogP contribution in [0.1, 0.15) is 21.5 Å². The Hall–Kier alpha value is -3.17. The number of para-hydroxylation sites is 1. The van der Waals surface area contributed by atoms with Crippen LogP contribution in [0.2, 0.25) is 0 Å². The first-order valence-electron chi connectivity index (χ1n) is 7.05. The Balaban J connectivity index is 2.30. The highest BCUT2D eigenvalue weighted by Crippen LogP contribution is 2.28. The van der Waals surface area contributed by atoms with E-state index < -0.39 is 52.7 Å². The van der Waals surface area contributed by atoms with Crippen LogP contribution in [0.5, 0.6) is 5.75 Å². The largest absolute Gasteiger partial charge is 0.457 e. The summed E-state index contributed by atoms with van der Waals surface area (Å²) in [5.74, 6) is -4.05. The summed E-state index contributed by atoms with van der Waals surface area (Å²) in [4.78, 5) is 22.3. The van der Waals surface area contributed by atoms with Gasteiger partial charge in [0.2, 0.25) is 0 Å². The van der Waals surface area contributed by atoms with Gasteiger partial charge in [-0.2, -0.15) is 8.78 Å². The highest BCUT2D eigenvalue weighted by molar-refractivity contribution is 5.95. The Morgan fingerprint density at radius 1 is 1.19 bits per heavy atom. The van der Waals surface area contributed by atoms with Gasteiger partial charge in [-0.25, -0.2) is 13.6 Å². The molecule has 0 aliphatic carbocycles. The van der Waals surface area contributed by atoms with Crippen molar-refractivity contribution in [2.75, 3.05) is 0 Å². The van der Waals surface area contributed by atoms with Gasteiger partial charge in [0.15, 0.2) is 11.6 Å². The van der Waals surface area contributed by atoms with E-state index in [0.29, 0.717) is 0 Å². The van der Waals surface area contributed by atoms with Crippen LogP contribution in [0.3, 0.4) is 0 Å². The number of ether oxygens (including phenoxy) is 2. The van der Waals surface area contributed by atoms with Crippen molar-refractivity contribution in [1.82, 2.24) is 0 Å². The second-order valence-corrected chi connectivity index (χ2v) is 5.01. The molecule has 0 aliphatic heterocycles. The van der Waals surface area contributed by atoms with Gasteiger partial charge in [-0.3, -0.25) is 10.1 Å². The molecule has 2 aromatic rings. The second kappa shape index (κ2) is 7.81. The molecule has 0 unspecified atom stereocenters. The SMILES string of the molecule is Cc1c(F)ccc([N+](=O)[O-])c1C(=O)OCc1cccc(F)c1OC(F)F. The Bertz CT molecular complexity index is 857. The van der Waals surface area contributed by atoms with Crippen LogP contribution in [0, 0.1) is 28.7 Å². The number of esters is 1. The number of carbonyl (C=O) groups is 1. The Morgan fingerprint density at radius 2 is 1.88 bits per heavy atom. The molecule has 6 nitrogen and oxygen atoms in total. The minimum atomic E-state index is -3.31. The van der Waals surface area contributed by atoms with Gasteiger partial charge in [-0.1, -0.05) is 12.1 Å². The van der Waals surface area contributed by atoms with E-state index in [9.17, 15) is 32.5 Å². The number of hydrogen-bond donors (Lipinski definition) is 0. The molecule has 0 N–H and O–H groups in total. The minimum absolute atomic E-state index is 0.227. The number of alkyl halides is 2. The lowest BCUT2D eigenvalue weighted by Crippen LogP contribution is -2.13. The third-order valence-electron chi connectivity index (χ3n) is 3.39. The monoisotopic (exact) mass is 373 g/mol. The molecule has 0 amide bonds. The predicted octanol–water partition coefficient (Wildman–Crippen LogP) is 4.14. The lowest BCUT2D eigenvalue weighted by molar-refractivity contribution is -0.385. The molecule has 0 fully saturated rings. The van der Waals surface area contributed by atoms with Gasteiger partial charge in [-0.05, 0) is 19.1 Å². The van der Waals surface area contributed by atoms with Crippen molar-refractivity contribution >= 4 is 11.7 Å². The van der Waals surface area contributed by atoms with Crippen molar-refractivity contribution in [3.05, 3.63) is 68.8 Å². The van der Waals surface area contributed by atoms with Crippen LogP contribution in [0.25, 0.3) is 0 Å². The third-order valence-corrected chi connectivity index (χ3v) is 3.39. The number of nitro groups is 1. The fourth-order valence-electron chi connectivity index (χ4n) is 2.19. The van der Waals surface area contributed by atoms with Gasteiger partial charge >= 0.3 is 12.6 Å². The van der Waals surface area contributed by atoms with Crippen molar-refractivity contribution in [3.63, 3.8) is 0 Å². The number of halogens is 4. The molecule has 0 aromatic heterocycles. The zero-order valence-corrected chi connectivity index (χ0v) is 13.2. The summed E-state index contributed by atoms with van der Waals surface area (Å²) in [5, 5.41) is 11.0. The zero-order chi connectivity index (χ0) is 19.4. The van der Waals surface area contributed by atoms with Crippen LogP contribution in [-0.4, -0.2) is 17.5 Å². The number of carbonyl (C=O) groups excluding carboxylic acids is 1. The molecule has 138 valence electrons. The quantitative estimate of drug-likeness (QED) is 0.329. The molecular weight excluding hydrogens is 362 g/mol. The van der Waals surface area contributed by atoms with Crippen molar-refractivity contribution < 1.29 is 36.8 Å². The topological polar surface area (TPSA) is 78.7 Å². The first-order valence-corrected chi connectivity index (χ1v) is 7.05. The van der Waals surface area contributed by atoms with Crippen LogP contribution in [0.4, 0.5) is 23.2 Å². The second-order valence-electron chi connectivity index (χ2n) is 5.01. The molecule has 0 bridgehead atoms. The smallest absolute Gasteiger partial charge is 0.387 e. The van der Waals surface area contributed by atoms with Crippen LogP contribution in [0.15, 0.2) is 30.3 Å². The lowest BCUT2D eigenvalue weighted by atomic mass is 10.1. The van der Waals surface area contributed by atoms with Gasteiger partial charge in [-0.15, -0.1) is 0 Å². The third kappa shape index (κ3) is 4.08. The Labute approximate surface area is 144 Å². The number of nitrogens with zero attached hydrogens (tertiary/aromatic N) is 1. The zero-order valence-electron chi connectivity index (χ0n) is 13.2. The van der Waals surface area contributed by atoms with Crippen molar-refractivity contribution in [2.24, 2.45) is 0 Å². The van der Waals surface area contributed by atoms with E-state index in [2.05, 4.69) is 4.74 Å². The maximum atomic E-state index is 13.6. The van der Waals surface area contributed by atoms with E-state index in [1.807, 2.05) is 0 Å². The van der Waals surface area contributed by atoms with E-state index in [0.717, 1.165) is 25.1 Å². The molecule has 26 heavy (non-hydrogen) atoms. The van der Waals surface area contributed by atoms with Crippen LogP contribution >= 0.6 is 0 Å².